The predicted molar refractivity (Wildman–Crippen MR) is 82.6 cm³/mol. The highest BCUT2D eigenvalue weighted by atomic mass is 16.3. The maximum Gasteiger partial charge on any atom is 0.115 e. The Morgan fingerprint density at radius 1 is 1.25 bits per heavy atom. The Morgan fingerprint density at radius 2 is 2.00 bits per heavy atom. The largest absolute Gasteiger partial charge is 0.508 e. The average Bonchev–Trinajstić information content (AvgIpc) is 2.81. The topological polar surface area (TPSA) is 23.5 Å². The highest BCUT2D eigenvalue weighted by Gasteiger charge is 2.26. The standard InChI is InChI=1S/C18H23NO/c1-13-3-8-17-14(2)11-19(12-18(13)17)10-9-15-4-6-16(20)7-5-15/h4-7,11,13,20H,3,8-10,12H2,1-2H3/t13-/m0/s1. The van der Waals surface area contributed by atoms with Gasteiger partial charge in [0, 0.05) is 19.3 Å². The Hall–Kier alpha value is -1.70. The second-order valence-electron chi connectivity index (χ2n) is 6.14. The molecule has 0 saturated heterocycles. The normalized spacial score (nSPS) is 22.0. The van der Waals surface area contributed by atoms with Crippen LogP contribution < -0.4 is 0 Å². The Morgan fingerprint density at radius 3 is 2.75 bits per heavy atom. The molecule has 0 aromatic heterocycles. The van der Waals surface area contributed by atoms with E-state index in [2.05, 4.69) is 24.9 Å². The van der Waals surface area contributed by atoms with Crippen molar-refractivity contribution < 1.29 is 5.11 Å². The van der Waals surface area contributed by atoms with Gasteiger partial charge in [-0.05, 0) is 66.5 Å². The third-order valence-electron chi connectivity index (χ3n) is 4.66. The minimum absolute atomic E-state index is 0.344. The number of hydrogen-bond acceptors (Lipinski definition) is 2. The number of aromatic hydroxyl groups is 1. The van der Waals surface area contributed by atoms with Crippen molar-refractivity contribution in [3.8, 4) is 5.75 Å². The maximum absolute atomic E-state index is 9.31. The molecule has 1 aromatic carbocycles. The lowest BCUT2D eigenvalue weighted by Gasteiger charge is -2.29. The summed E-state index contributed by atoms with van der Waals surface area (Å²) < 4.78 is 0. The molecule has 2 heteroatoms. The molecule has 0 radical (unpaired) electrons. The van der Waals surface area contributed by atoms with Crippen LogP contribution in [0.15, 0.2) is 47.2 Å². The van der Waals surface area contributed by atoms with Gasteiger partial charge in [0.2, 0.25) is 0 Å². The lowest BCUT2D eigenvalue weighted by molar-refractivity contribution is 0.389. The summed E-state index contributed by atoms with van der Waals surface area (Å²) in [5.74, 6) is 1.10. The van der Waals surface area contributed by atoms with E-state index in [1.165, 1.54) is 24.0 Å². The molecule has 1 aliphatic carbocycles. The summed E-state index contributed by atoms with van der Waals surface area (Å²) in [6, 6.07) is 7.57. The van der Waals surface area contributed by atoms with E-state index in [1.54, 1.807) is 23.3 Å². The van der Waals surface area contributed by atoms with Gasteiger partial charge < -0.3 is 10.0 Å². The molecule has 0 unspecified atom stereocenters. The molecule has 106 valence electrons. The molecule has 20 heavy (non-hydrogen) atoms. The molecule has 1 aromatic rings. The Kier molecular flexibility index (Phi) is 3.56. The number of benzene rings is 1. The molecule has 3 rings (SSSR count). The molecule has 2 nitrogen and oxygen atoms in total. The van der Waals surface area contributed by atoms with Crippen LogP contribution in [0.5, 0.6) is 5.75 Å². The van der Waals surface area contributed by atoms with Crippen molar-refractivity contribution in [3.63, 3.8) is 0 Å². The molecule has 0 saturated carbocycles. The van der Waals surface area contributed by atoms with Crippen LogP contribution >= 0.6 is 0 Å². The number of phenols is 1. The number of phenolic OH excluding ortho intramolecular Hbond substituents is 1. The molecule has 1 aliphatic heterocycles. The summed E-state index contributed by atoms with van der Waals surface area (Å²) in [4.78, 5) is 2.45. The minimum Gasteiger partial charge on any atom is -0.508 e. The average molecular weight is 269 g/mol. The first-order valence-electron chi connectivity index (χ1n) is 7.56. The molecule has 1 heterocycles. The molecular weight excluding hydrogens is 246 g/mol. The smallest absolute Gasteiger partial charge is 0.115 e. The molecule has 1 N–H and O–H groups in total. The van der Waals surface area contributed by atoms with Crippen LogP contribution in [0, 0.1) is 5.92 Å². The third kappa shape index (κ3) is 2.60. The van der Waals surface area contributed by atoms with Crippen LogP contribution in [0.25, 0.3) is 0 Å². The lowest BCUT2D eigenvalue weighted by atomic mass is 9.97. The summed E-state index contributed by atoms with van der Waals surface area (Å²) in [7, 11) is 0. The predicted octanol–water partition coefficient (Wildman–Crippen LogP) is 3.88. The molecular formula is C18H23NO. The summed E-state index contributed by atoms with van der Waals surface area (Å²) in [6.45, 7) is 6.76. The van der Waals surface area contributed by atoms with Crippen molar-refractivity contribution in [3.05, 3.63) is 52.7 Å². The fraction of sp³-hybridized carbons (Fsp3) is 0.444. The van der Waals surface area contributed by atoms with Gasteiger partial charge in [0.1, 0.15) is 5.75 Å². The summed E-state index contributed by atoms with van der Waals surface area (Å²) in [6.07, 6.45) is 5.95. The first-order chi connectivity index (χ1) is 9.63. The van der Waals surface area contributed by atoms with Crippen LogP contribution in [0.4, 0.5) is 0 Å². The van der Waals surface area contributed by atoms with Gasteiger partial charge in [0.05, 0.1) is 0 Å². The summed E-state index contributed by atoms with van der Waals surface area (Å²) >= 11 is 0. The van der Waals surface area contributed by atoms with Gasteiger partial charge in [-0.2, -0.15) is 0 Å². The number of allylic oxidation sites excluding steroid dienone is 2. The first-order valence-corrected chi connectivity index (χ1v) is 7.56. The maximum atomic E-state index is 9.31. The van der Waals surface area contributed by atoms with E-state index >= 15 is 0 Å². The lowest BCUT2D eigenvalue weighted by Crippen LogP contribution is -2.27. The van der Waals surface area contributed by atoms with E-state index in [9.17, 15) is 5.11 Å². The number of hydrogen-bond donors (Lipinski definition) is 1. The third-order valence-corrected chi connectivity index (χ3v) is 4.66. The Bertz CT molecular complexity index is 553. The molecule has 0 amide bonds. The highest BCUT2D eigenvalue weighted by molar-refractivity contribution is 5.41. The van der Waals surface area contributed by atoms with Crippen molar-refractivity contribution >= 4 is 0 Å². The second-order valence-corrected chi connectivity index (χ2v) is 6.14. The van der Waals surface area contributed by atoms with Crippen molar-refractivity contribution in [1.29, 1.82) is 0 Å². The van der Waals surface area contributed by atoms with Gasteiger partial charge in [-0.1, -0.05) is 19.1 Å². The monoisotopic (exact) mass is 269 g/mol. The SMILES string of the molecule is CC1=CN(CCc2ccc(O)cc2)CC2=C1CC[C@@H]2C. The van der Waals surface area contributed by atoms with Gasteiger partial charge in [-0.25, -0.2) is 0 Å². The quantitative estimate of drug-likeness (QED) is 0.900. The van der Waals surface area contributed by atoms with E-state index in [-0.39, 0.29) is 0 Å². The van der Waals surface area contributed by atoms with Crippen LogP contribution in [0.1, 0.15) is 32.3 Å². The van der Waals surface area contributed by atoms with Crippen molar-refractivity contribution in [2.75, 3.05) is 13.1 Å². The second kappa shape index (κ2) is 5.35. The Balaban J connectivity index is 1.64. The number of nitrogens with zero attached hydrogens (tertiary/aromatic N) is 1. The molecule has 2 aliphatic rings. The minimum atomic E-state index is 0.344. The summed E-state index contributed by atoms with van der Waals surface area (Å²) in [5.41, 5.74) is 6.03. The van der Waals surface area contributed by atoms with E-state index in [0.29, 0.717) is 5.75 Å². The zero-order chi connectivity index (χ0) is 14.1. The van der Waals surface area contributed by atoms with E-state index in [0.717, 1.165) is 25.4 Å². The van der Waals surface area contributed by atoms with Crippen LogP contribution in [0.3, 0.4) is 0 Å². The molecule has 0 spiro atoms. The molecule has 0 bridgehead atoms. The highest BCUT2D eigenvalue weighted by Crippen LogP contribution is 2.38. The van der Waals surface area contributed by atoms with Gasteiger partial charge in [-0.3, -0.25) is 0 Å². The fourth-order valence-corrected chi connectivity index (χ4v) is 3.39. The first kappa shape index (κ1) is 13.3. The zero-order valence-electron chi connectivity index (χ0n) is 12.4. The number of rotatable bonds is 3. The van der Waals surface area contributed by atoms with Crippen LogP contribution in [-0.2, 0) is 6.42 Å². The zero-order valence-corrected chi connectivity index (χ0v) is 12.4. The summed E-state index contributed by atoms with van der Waals surface area (Å²) in [5, 5.41) is 9.31. The molecule has 1 atom stereocenters. The van der Waals surface area contributed by atoms with Gasteiger partial charge >= 0.3 is 0 Å². The van der Waals surface area contributed by atoms with Gasteiger partial charge in [-0.15, -0.1) is 0 Å². The van der Waals surface area contributed by atoms with E-state index in [1.807, 2.05) is 12.1 Å². The van der Waals surface area contributed by atoms with Crippen LogP contribution in [0.2, 0.25) is 0 Å². The van der Waals surface area contributed by atoms with Crippen LogP contribution in [-0.4, -0.2) is 23.1 Å². The fourth-order valence-electron chi connectivity index (χ4n) is 3.39. The van der Waals surface area contributed by atoms with E-state index < -0.39 is 0 Å². The Labute approximate surface area is 121 Å². The van der Waals surface area contributed by atoms with Crippen molar-refractivity contribution in [2.45, 2.75) is 33.1 Å². The molecule has 0 fully saturated rings. The van der Waals surface area contributed by atoms with E-state index in [4.69, 9.17) is 0 Å². The van der Waals surface area contributed by atoms with Crippen molar-refractivity contribution in [1.82, 2.24) is 4.90 Å². The van der Waals surface area contributed by atoms with Gasteiger partial charge in [0.15, 0.2) is 0 Å². The van der Waals surface area contributed by atoms with Gasteiger partial charge in [0.25, 0.3) is 0 Å². The van der Waals surface area contributed by atoms with Crippen molar-refractivity contribution in [2.24, 2.45) is 5.92 Å².